The second kappa shape index (κ2) is 6.79. The minimum Gasteiger partial charge on any atom is -0.308 e. The monoisotopic (exact) mass is 359 g/mol. The van der Waals surface area contributed by atoms with Crippen LogP contribution in [0.25, 0.3) is 10.6 Å². The van der Waals surface area contributed by atoms with E-state index in [-0.39, 0.29) is 6.04 Å². The number of aromatic nitrogens is 2. The van der Waals surface area contributed by atoms with Gasteiger partial charge in [-0.3, -0.25) is 0 Å². The maximum atomic E-state index is 6.23. The van der Waals surface area contributed by atoms with Gasteiger partial charge in [-0.05, 0) is 38.1 Å². The van der Waals surface area contributed by atoms with Gasteiger partial charge in [0.1, 0.15) is 10.0 Å². The van der Waals surface area contributed by atoms with Crippen LogP contribution in [0.15, 0.2) is 22.7 Å². The van der Waals surface area contributed by atoms with Gasteiger partial charge in [0.15, 0.2) is 0 Å². The molecule has 1 atom stereocenters. The molecule has 2 rings (SSSR count). The molecule has 0 bridgehead atoms. The van der Waals surface area contributed by atoms with E-state index >= 15 is 0 Å². The van der Waals surface area contributed by atoms with E-state index < -0.39 is 0 Å². The van der Waals surface area contributed by atoms with Gasteiger partial charge in [-0.2, -0.15) is 0 Å². The Labute approximate surface area is 130 Å². The van der Waals surface area contributed by atoms with E-state index in [1.165, 1.54) is 0 Å². The van der Waals surface area contributed by atoms with Crippen LogP contribution in [0, 0.1) is 0 Å². The predicted octanol–water partition coefficient (Wildman–Crippen LogP) is 4.68. The first-order chi connectivity index (χ1) is 9.11. The molecule has 1 aromatic heterocycles. The molecule has 2 aromatic rings. The zero-order chi connectivity index (χ0) is 13.8. The lowest BCUT2D eigenvalue weighted by molar-refractivity contribution is 0.564. The fourth-order valence-electron chi connectivity index (χ4n) is 1.63. The molecule has 1 unspecified atom stereocenters. The molecule has 0 saturated carbocycles. The zero-order valence-corrected chi connectivity index (χ0v) is 13.9. The zero-order valence-electron chi connectivity index (χ0n) is 10.8. The van der Waals surface area contributed by atoms with Crippen LogP contribution in [0.1, 0.15) is 31.3 Å². The Hall–Kier alpha value is -0.490. The highest BCUT2D eigenvalue weighted by molar-refractivity contribution is 9.10. The third kappa shape index (κ3) is 3.75. The number of hydrogen-bond acceptors (Lipinski definition) is 4. The molecule has 0 fully saturated rings. The lowest BCUT2D eigenvalue weighted by Crippen LogP contribution is -2.18. The molecule has 0 radical (unpaired) electrons. The van der Waals surface area contributed by atoms with Gasteiger partial charge in [-0.15, -0.1) is 10.2 Å². The Balaban J connectivity index is 2.20. The number of nitrogens with one attached hydrogen (secondary N) is 1. The lowest BCUT2D eigenvalue weighted by atomic mass is 10.2. The first-order valence-electron chi connectivity index (χ1n) is 6.14. The maximum Gasteiger partial charge on any atom is 0.149 e. The van der Waals surface area contributed by atoms with Crippen LogP contribution in [-0.4, -0.2) is 16.7 Å². The average molecular weight is 361 g/mol. The summed E-state index contributed by atoms with van der Waals surface area (Å²) in [6.45, 7) is 5.23. The van der Waals surface area contributed by atoms with Crippen LogP contribution in [0.4, 0.5) is 0 Å². The van der Waals surface area contributed by atoms with Crippen molar-refractivity contribution >= 4 is 38.9 Å². The van der Waals surface area contributed by atoms with Gasteiger partial charge in [0.25, 0.3) is 0 Å². The molecule has 0 saturated heterocycles. The van der Waals surface area contributed by atoms with E-state index in [0.29, 0.717) is 5.02 Å². The average Bonchev–Trinajstić information content (AvgIpc) is 2.85. The predicted molar refractivity (Wildman–Crippen MR) is 84.8 cm³/mol. The van der Waals surface area contributed by atoms with Gasteiger partial charge in [0.2, 0.25) is 0 Å². The molecule has 102 valence electrons. The summed E-state index contributed by atoms with van der Waals surface area (Å²) >= 11 is 11.2. The van der Waals surface area contributed by atoms with Gasteiger partial charge in [-0.25, -0.2) is 0 Å². The van der Waals surface area contributed by atoms with Crippen molar-refractivity contribution in [2.24, 2.45) is 0 Å². The van der Waals surface area contributed by atoms with Crippen molar-refractivity contribution in [2.45, 2.75) is 26.3 Å². The van der Waals surface area contributed by atoms with E-state index in [1.807, 2.05) is 18.2 Å². The molecule has 0 aliphatic carbocycles. The molecule has 0 amide bonds. The van der Waals surface area contributed by atoms with Gasteiger partial charge in [-0.1, -0.05) is 45.8 Å². The smallest absolute Gasteiger partial charge is 0.149 e. The molecule has 0 aliphatic heterocycles. The summed E-state index contributed by atoms with van der Waals surface area (Å²) in [5.41, 5.74) is 0.927. The van der Waals surface area contributed by atoms with Crippen LogP contribution in [0.2, 0.25) is 5.02 Å². The first kappa shape index (κ1) is 14.9. The van der Waals surface area contributed by atoms with E-state index in [9.17, 15) is 0 Å². The summed E-state index contributed by atoms with van der Waals surface area (Å²) in [7, 11) is 0. The summed E-state index contributed by atoms with van der Waals surface area (Å²) in [6, 6.07) is 6.01. The molecule has 6 heteroatoms. The normalized spacial score (nSPS) is 12.6. The van der Waals surface area contributed by atoms with E-state index in [2.05, 4.69) is 45.3 Å². The van der Waals surface area contributed by atoms with E-state index in [0.717, 1.165) is 33.0 Å². The number of halogens is 2. The summed E-state index contributed by atoms with van der Waals surface area (Å²) in [5.74, 6) is 0. The van der Waals surface area contributed by atoms with Crippen LogP contribution in [0.5, 0.6) is 0 Å². The van der Waals surface area contributed by atoms with Crippen molar-refractivity contribution in [3.8, 4) is 10.6 Å². The summed E-state index contributed by atoms with van der Waals surface area (Å²) in [6.07, 6.45) is 1.11. The molecule has 0 aliphatic rings. The Morgan fingerprint density at radius 2 is 2.21 bits per heavy atom. The summed E-state index contributed by atoms with van der Waals surface area (Å²) in [5, 5.41) is 14.4. The largest absolute Gasteiger partial charge is 0.308 e. The van der Waals surface area contributed by atoms with Gasteiger partial charge >= 0.3 is 0 Å². The second-order valence-corrected chi connectivity index (χ2v) is 6.58. The fourth-order valence-corrected chi connectivity index (χ4v) is 3.36. The molecule has 3 nitrogen and oxygen atoms in total. The molecular formula is C13H15BrClN3S. The Bertz CT molecular complexity index is 559. The highest BCUT2D eigenvalue weighted by atomic mass is 79.9. The SMILES string of the molecule is CCCNC(C)c1nnc(-c2ccc(Br)cc2Cl)s1. The van der Waals surface area contributed by atoms with Crippen molar-refractivity contribution in [3.05, 3.63) is 32.7 Å². The standard InChI is InChI=1S/C13H15BrClN3S/c1-3-6-16-8(2)12-17-18-13(19-12)10-5-4-9(14)7-11(10)15/h4-5,7-8,16H,3,6H2,1-2H3. The minimum atomic E-state index is 0.223. The molecule has 0 spiro atoms. The first-order valence-corrected chi connectivity index (χ1v) is 8.12. The number of benzene rings is 1. The third-order valence-corrected chi connectivity index (χ3v) is 4.62. The quantitative estimate of drug-likeness (QED) is 0.841. The van der Waals surface area contributed by atoms with E-state index in [1.54, 1.807) is 11.3 Å². The molecule has 1 aromatic carbocycles. The Morgan fingerprint density at radius 3 is 2.89 bits per heavy atom. The second-order valence-electron chi connectivity index (χ2n) is 4.25. The Kier molecular flexibility index (Phi) is 5.33. The highest BCUT2D eigenvalue weighted by Gasteiger charge is 2.14. The number of nitrogens with zero attached hydrogens (tertiary/aromatic N) is 2. The van der Waals surface area contributed by atoms with Crippen molar-refractivity contribution in [1.29, 1.82) is 0 Å². The third-order valence-electron chi connectivity index (χ3n) is 2.67. The van der Waals surface area contributed by atoms with Crippen molar-refractivity contribution in [1.82, 2.24) is 15.5 Å². The fraction of sp³-hybridized carbons (Fsp3) is 0.385. The lowest BCUT2D eigenvalue weighted by Gasteiger charge is -2.08. The van der Waals surface area contributed by atoms with Crippen LogP contribution in [0.3, 0.4) is 0 Å². The van der Waals surface area contributed by atoms with E-state index in [4.69, 9.17) is 11.6 Å². The summed E-state index contributed by atoms with van der Waals surface area (Å²) in [4.78, 5) is 0. The van der Waals surface area contributed by atoms with Crippen LogP contribution in [-0.2, 0) is 0 Å². The van der Waals surface area contributed by atoms with Crippen molar-refractivity contribution in [2.75, 3.05) is 6.54 Å². The topological polar surface area (TPSA) is 37.8 Å². The van der Waals surface area contributed by atoms with Gasteiger partial charge in [0, 0.05) is 10.0 Å². The molecule has 19 heavy (non-hydrogen) atoms. The van der Waals surface area contributed by atoms with Gasteiger partial charge in [0.05, 0.1) is 11.1 Å². The van der Waals surface area contributed by atoms with Crippen molar-refractivity contribution in [3.63, 3.8) is 0 Å². The van der Waals surface area contributed by atoms with Crippen molar-refractivity contribution < 1.29 is 0 Å². The van der Waals surface area contributed by atoms with Crippen LogP contribution >= 0.6 is 38.9 Å². The van der Waals surface area contributed by atoms with Gasteiger partial charge < -0.3 is 5.32 Å². The highest BCUT2D eigenvalue weighted by Crippen LogP contribution is 2.33. The Morgan fingerprint density at radius 1 is 1.42 bits per heavy atom. The minimum absolute atomic E-state index is 0.223. The maximum absolute atomic E-state index is 6.23. The summed E-state index contributed by atoms with van der Waals surface area (Å²) < 4.78 is 0.962. The number of hydrogen-bond donors (Lipinski definition) is 1. The molecular weight excluding hydrogens is 346 g/mol. The molecule has 1 N–H and O–H groups in total. The molecule has 1 heterocycles. The van der Waals surface area contributed by atoms with Crippen LogP contribution < -0.4 is 5.32 Å². The number of rotatable bonds is 5.